The molecular formula is C31H34ClN5O7. The highest BCUT2D eigenvalue weighted by molar-refractivity contribution is 6.31. The number of carbonyl (C=O) groups excluding carboxylic acids is 5. The van der Waals surface area contributed by atoms with E-state index in [9.17, 15) is 24.0 Å². The number of benzene rings is 2. The molecule has 0 bridgehead atoms. The molecule has 2 heterocycles. The minimum atomic E-state index is -0.680. The number of imide groups is 1. The standard InChI is InChI=1S/C31H34ClN5O7/c1-3-4-13-44-31(42)36(2)12-15-43-14-11-21-6-7-23(17-25(21)32)34-30(41)33-18-20-5-8-24-22(16-20)19-37(29(24)40)26-9-10-27(38)35-28(26)39/h1,5-8,16-17,26H,4,9-15,18-19H2,2H3,(H2,33,34,41)(H,35,38,39). The summed E-state index contributed by atoms with van der Waals surface area (Å²) in [6.07, 6.45) is 6.08. The van der Waals surface area contributed by atoms with Crippen LogP contribution in [-0.4, -0.2) is 79.1 Å². The molecular weight excluding hydrogens is 590 g/mol. The predicted molar refractivity (Wildman–Crippen MR) is 162 cm³/mol. The molecule has 12 nitrogen and oxygen atoms in total. The summed E-state index contributed by atoms with van der Waals surface area (Å²) in [4.78, 5) is 63.8. The number of piperidine rings is 1. The number of hydrogen-bond donors (Lipinski definition) is 3. The minimum absolute atomic E-state index is 0.179. The van der Waals surface area contributed by atoms with E-state index >= 15 is 0 Å². The van der Waals surface area contributed by atoms with Crippen molar-refractivity contribution in [1.29, 1.82) is 0 Å². The maximum absolute atomic E-state index is 12.9. The molecule has 13 heteroatoms. The van der Waals surface area contributed by atoms with Gasteiger partial charge in [-0.1, -0.05) is 29.8 Å². The highest BCUT2D eigenvalue weighted by Crippen LogP contribution is 2.28. The van der Waals surface area contributed by atoms with Crippen molar-refractivity contribution in [1.82, 2.24) is 20.4 Å². The number of ether oxygens (including phenoxy) is 2. The summed E-state index contributed by atoms with van der Waals surface area (Å²) in [6, 6.07) is 9.37. The second-order valence-electron chi connectivity index (χ2n) is 10.4. The average molecular weight is 624 g/mol. The summed E-state index contributed by atoms with van der Waals surface area (Å²) in [5.74, 6) is 1.36. The van der Waals surface area contributed by atoms with Crippen LogP contribution in [-0.2, 0) is 38.6 Å². The summed E-state index contributed by atoms with van der Waals surface area (Å²) in [5.41, 5.74) is 3.42. The van der Waals surface area contributed by atoms with Crippen molar-refractivity contribution >= 4 is 47.1 Å². The molecule has 1 fully saturated rings. The number of amides is 6. The average Bonchev–Trinajstić information content (AvgIpc) is 3.31. The number of carbonyl (C=O) groups is 5. The second-order valence-corrected chi connectivity index (χ2v) is 10.8. The molecule has 0 aliphatic carbocycles. The zero-order valence-corrected chi connectivity index (χ0v) is 25.1. The van der Waals surface area contributed by atoms with Crippen LogP contribution >= 0.6 is 11.6 Å². The van der Waals surface area contributed by atoms with E-state index in [1.165, 1.54) is 9.80 Å². The highest BCUT2D eigenvalue weighted by atomic mass is 35.5. The van der Waals surface area contributed by atoms with Gasteiger partial charge >= 0.3 is 12.1 Å². The number of anilines is 1. The molecule has 0 aromatic heterocycles. The van der Waals surface area contributed by atoms with Crippen LogP contribution in [0.2, 0.25) is 5.02 Å². The first-order valence-corrected chi connectivity index (χ1v) is 14.5. The molecule has 232 valence electrons. The van der Waals surface area contributed by atoms with E-state index in [2.05, 4.69) is 21.9 Å². The topological polar surface area (TPSA) is 146 Å². The van der Waals surface area contributed by atoms with Gasteiger partial charge in [0.15, 0.2) is 0 Å². The Kier molecular flexibility index (Phi) is 11.2. The predicted octanol–water partition coefficient (Wildman–Crippen LogP) is 3.07. The van der Waals surface area contributed by atoms with Crippen molar-refractivity contribution < 1.29 is 33.4 Å². The number of fused-ring (bicyclic) bond motifs is 1. The summed E-state index contributed by atoms with van der Waals surface area (Å²) >= 11 is 6.42. The molecule has 44 heavy (non-hydrogen) atoms. The largest absolute Gasteiger partial charge is 0.448 e. The Hall–Kier alpha value is -4.60. The van der Waals surface area contributed by atoms with E-state index in [4.69, 9.17) is 27.5 Å². The van der Waals surface area contributed by atoms with Gasteiger partial charge in [0.25, 0.3) is 5.91 Å². The fraction of sp³-hybridized carbons (Fsp3) is 0.387. The second kappa shape index (κ2) is 15.2. The van der Waals surface area contributed by atoms with Crippen LogP contribution in [0, 0.1) is 12.3 Å². The third-order valence-electron chi connectivity index (χ3n) is 7.22. The van der Waals surface area contributed by atoms with Crippen LogP contribution in [0.4, 0.5) is 15.3 Å². The lowest BCUT2D eigenvalue weighted by atomic mass is 10.0. The fourth-order valence-corrected chi connectivity index (χ4v) is 5.08. The minimum Gasteiger partial charge on any atom is -0.448 e. The van der Waals surface area contributed by atoms with E-state index in [0.717, 1.165) is 16.7 Å². The third-order valence-corrected chi connectivity index (χ3v) is 7.57. The van der Waals surface area contributed by atoms with Crippen LogP contribution in [0.3, 0.4) is 0 Å². The van der Waals surface area contributed by atoms with Crippen molar-refractivity contribution in [3.05, 3.63) is 63.7 Å². The molecule has 0 spiro atoms. The molecule has 0 radical (unpaired) electrons. The van der Waals surface area contributed by atoms with E-state index in [1.54, 1.807) is 31.3 Å². The van der Waals surface area contributed by atoms with E-state index in [-0.39, 0.29) is 37.9 Å². The Morgan fingerprint density at radius 1 is 1.16 bits per heavy atom. The van der Waals surface area contributed by atoms with Gasteiger partial charge < -0.3 is 29.9 Å². The van der Waals surface area contributed by atoms with Crippen molar-refractivity contribution in [3.63, 3.8) is 0 Å². The zero-order chi connectivity index (χ0) is 31.6. The molecule has 1 saturated heterocycles. The molecule has 1 atom stereocenters. The Labute approximate surface area is 260 Å². The number of terminal acetylenes is 1. The van der Waals surface area contributed by atoms with E-state index in [1.807, 2.05) is 12.1 Å². The molecule has 2 aliphatic heterocycles. The monoisotopic (exact) mass is 623 g/mol. The number of urea groups is 1. The maximum atomic E-state index is 12.9. The van der Waals surface area contributed by atoms with Gasteiger partial charge in [0.2, 0.25) is 11.8 Å². The molecule has 2 aromatic rings. The summed E-state index contributed by atoms with van der Waals surface area (Å²) in [6.45, 7) is 1.74. The van der Waals surface area contributed by atoms with Crippen LogP contribution in [0.5, 0.6) is 0 Å². The van der Waals surface area contributed by atoms with Crippen LogP contribution < -0.4 is 16.0 Å². The van der Waals surface area contributed by atoms with Crippen molar-refractivity contribution in [2.45, 2.75) is 44.8 Å². The van der Waals surface area contributed by atoms with Gasteiger partial charge in [-0.3, -0.25) is 19.7 Å². The van der Waals surface area contributed by atoms with Gasteiger partial charge in [-0.2, -0.15) is 0 Å². The first-order valence-electron chi connectivity index (χ1n) is 14.1. The summed E-state index contributed by atoms with van der Waals surface area (Å²) < 4.78 is 10.6. The molecule has 2 aliphatic rings. The van der Waals surface area contributed by atoms with E-state index < -0.39 is 24.1 Å². The summed E-state index contributed by atoms with van der Waals surface area (Å²) in [7, 11) is 1.62. The lowest BCUT2D eigenvalue weighted by molar-refractivity contribution is -0.136. The number of nitrogens with zero attached hydrogens (tertiary/aromatic N) is 2. The smallest absolute Gasteiger partial charge is 0.409 e. The van der Waals surface area contributed by atoms with Crippen LogP contribution in [0.15, 0.2) is 36.4 Å². The van der Waals surface area contributed by atoms with Gasteiger partial charge in [0, 0.05) is 55.8 Å². The number of halogens is 1. The van der Waals surface area contributed by atoms with Gasteiger partial charge in [-0.25, -0.2) is 9.59 Å². The SMILES string of the molecule is C#CCCOC(=O)N(C)CCOCCc1ccc(NC(=O)NCc2ccc3c(c2)CN(C2CCC(=O)NC2=O)C3=O)cc1Cl. The number of nitrogens with one attached hydrogen (secondary N) is 3. The zero-order valence-electron chi connectivity index (χ0n) is 24.3. The Morgan fingerprint density at radius 2 is 1.98 bits per heavy atom. The van der Waals surface area contributed by atoms with E-state index in [0.29, 0.717) is 55.3 Å². The maximum Gasteiger partial charge on any atom is 0.409 e. The van der Waals surface area contributed by atoms with Gasteiger partial charge in [-0.15, -0.1) is 12.3 Å². The number of rotatable bonds is 12. The normalized spacial score (nSPS) is 15.7. The lowest BCUT2D eigenvalue weighted by Gasteiger charge is -2.29. The fourth-order valence-electron chi connectivity index (χ4n) is 4.81. The summed E-state index contributed by atoms with van der Waals surface area (Å²) in [5, 5.41) is 8.31. The Balaban J connectivity index is 1.19. The number of likely N-dealkylation sites (N-methyl/N-ethyl adjacent to an activating group) is 1. The van der Waals surface area contributed by atoms with Crippen molar-refractivity contribution in [3.8, 4) is 12.3 Å². The van der Waals surface area contributed by atoms with Crippen LogP contribution in [0.25, 0.3) is 0 Å². The van der Waals surface area contributed by atoms with Gasteiger partial charge in [-0.05, 0) is 47.7 Å². The Morgan fingerprint density at radius 3 is 2.73 bits per heavy atom. The first kappa shape index (κ1) is 32.3. The molecule has 4 rings (SSSR count). The number of hydrogen-bond acceptors (Lipinski definition) is 7. The van der Waals surface area contributed by atoms with Crippen molar-refractivity contribution in [2.24, 2.45) is 0 Å². The lowest BCUT2D eigenvalue weighted by Crippen LogP contribution is -2.52. The molecule has 0 saturated carbocycles. The molecule has 6 amide bonds. The molecule has 3 N–H and O–H groups in total. The highest BCUT2D eigenvalue weighted by Gasteiger charge is 2.39. The van der Waals surface area contributed by atoms with Gasteiger partial charge in [0.1, 0.15) is 12.6 Å². The first-order chi connectivity index (χ1) is 21.2. The third kappa shape index (κ3) is 8.49. The quantitative estimate of drug-likeness (QED) is 0.187. The molecule has 2 aromatic carbocycles. The van der Waals surface area contributed by atoms with Gasteiger partial charge in [0.05, 0.1) is 13.2 Å². The van der Waals surface area contributed by atoms with Crippen molar-refractivity contribution in [2.75, 3.05) is 38.7 Å². The van der Waals surface area contributed by atoms with Crippen LogP contribution in [0.1, 0.15) is 46.3 Å². The molecule has 1 unspecified atom stereocenters. The Bertz CT molecular complexity index is 1470.